The van der Waals surface area contributed by atoms with Gasteiger partial charge in [-0.2, -0.15) is 0 Å². The number of fused-ring (bicyclic) bond motifs is 1. The summed E-state index contributed by atoms with van der Waals surface area (Å²) in [4.78, 5) is 41.2. The predicted molar refractivity (Wildman–Crippen MR) is 148 cm³/mol. The number of amides is 3. The van der Waals surface area contributed by atoms with Gasteiger partial charge in [-0.3, -0.25) is 19.3 Å². The second kappa shape index (κ2) is 11.5. The Morgan fingerprint density at radius 2 is 1.62 bits per heavy atom. The largest absolute Gasteiger partial charge is 0.348 e. The van der Waals surface area contributed by atoms with Crippen molar-refractivity contribution >= 4 is 29.1 Å². The van der Waals surface area contributed by atoms with Crippen molar-refractivity contribution in [2.45, 2.75) is 25.6 Å². The zero-order valence-electron chi connectivity index (χ0n) is 21.4. The maximum Gasteiger partial charge on any atom is 0.259 e. The van der Waals surface area contributed by atoms with E-state index in [4.69, 9.17) is 5.73 Å². The van der Waals surface area contributed by atoms with Gasteiger partial charge in [0.15, 0.2) is 0 Å². The van der Waals surface area contributed by atoms with Gasteiger partial charge in [-0.25, -0.2) is 8.78 Å². The lowest BCUT2D eigenvalue weighted by molar-refractivity contribution is -0.116. The molecule has 202 valence electrons. The van der Waals surface area contributed by atoms with Crippen LogP contribution < -0.4 is 21.3 Å². The van der Waals surface area contributed by atoms with E-state index in [0.717, 1.165) is 17.2 Å². The summed E-state index contributed by atoms with van der Waals surface area (Å²) in [5.41, 5.74) is 8.97. The Morgan fingerprint density at radius 3 is 2.38 bits per heavy atom. The molecule has 0 aliphatic carbocycles. The highest BCUT2D eigenvalue weighted by atomic mass is 19.1. The van der Waals surface area contributed by atoms with Gasteiger partial charge >= 0.3 is 0 Å². The molecule has 4 aromatic rings. The molecule has 0 fully saturated rings. The fourth-order valence-corrected chi connectivity index (χ4v) is 4.74. The number of carbonyl (C=O) groups excluding carboxylic acids is 3. The number of hydrogen-bond acceptors (Lipinski definition) is 4. The third-order valence-corrected chi connectivity index (χ3v) is 6.71. The molecular weight excluding hydrogens is 514 g/mol. The van der Waals surface area contributed by atoms with Crippen molar-refractivity contribution in [3.8, 4) is 0 Å². The molecule has 1 aliphatic rings. The van der Waals surface area contributed by atoms with Crippen LogP contribution in [0.1, 0.15) is 49.9 Å². The first kappa shape index (κ1) is 26.7. The van der Waals surface area contributed by atoms with Gasteiger partial charge in [0, 0.05) is 24.2 Å². The predicted octanol–water partition coefficient (Wildman–Crippen LogP) is 5.08. The summed E-state index contributed by atoms with van der Waals surface area (Å²) in [6, 6.07) is 22.1. The maximum absolute atomic E-state index is 14.0. The molecule has 1 heterocycles. The molecule has 4 aromatic carbocycles. The van der Waals surface area contributed by atoms with Gasteiger partial charge in [-0.15, -0.1) is 0 Å². The van der Waals surface area contributed by atoms with Crippen LogP contribution >= 0.6 is 0 Å². The lowest BCUT2D eigenvalue weighted by Gasteiger charge is -2.31. The number of halogens is 2. The van der Waals surface area contributed by atoms with E-state index in [1.807, 2.05) is 24.3 Å². The lowest BCUT2D eigenvalue weighted by atomic mass is 9.99. The number of rotatable bonds is 6. The molecule has 1 aliphatic heterocycles. The van der Waals surface area contributed by atoms with Gasteiger partial charge in [-0.1, -0.05) is 42.5 Å². The summed E-state index contributed by atoms with van der Waals surface area (Å²) in [6.45, 7) is 0.656. The molecule has 5 rings (SSSR count). The lowest BCUT2D eigenvalue weighted by Crippen LogP contribution is -2.35. The number of nitrogens with zero attached hydrogens (tertiary/aromatic N) is 1. The Morgan fingerprint density at radius 1 is 0.875 bits per heavy atom. The average molecular weight is 541 g/mol. The van der Waals surface area contributed by atoms with Crippen molar-refractivity contribution in [1.29, 1.82) is 0 Å². The maximum atomic E-state index is 14.0. The zero-order chi connectivity index (χ0) is 28.2. The highest BCUT2D eigenvalue weighted by molar-refractivity contribution is 6.12. The topological polar surface area (TPSA) is 105 Å². The Labute approximate surface area is 229 Å². The number of nitrogens with one attached hydrogen (secondary N) is 2. The number of benzene rings is 4. The monoisotopic (exact) mass is 540 g/mol. The van der Waals surface area contributed by atoms with Crippen LogP contribution in [0.15, 0.2) is 91.0 Å². The van der Waals surface area contributed by atoms with Crippen molar-refractivity contribution in [3.05, 3.63) is 130 Å². The van der Waals surface area contributed by atoms with E-state index in [1.54, 1.807) is 12.1 Å². The standard InChI is InChI=1S/C31H26F2N4O3/c32-24-10-7-21(8-11-24)28-16-29(38)36-26-15-22(30(39)35-18-20-4-1-3-19(13-20)17-34)9-12-27(26)37(28)31(40)23-5-2-6-25(33)14-23/h1-15,28H,16-18,34H2,(H,35,39)(H,36,38). The van der Waals surface area contributed by atoms with Crippen molar-refractivity contribution < 1.29 is 23.2 Å². The van der Waals surface area contributed by atoms with E-state index in [1.165, 1.54) is 53.4 Å². The summed E-state index contributed by atoms with van der Waals surface area (Å²) in [5.74, 6) is -2.38. The van der Waals surface area contributed by atoms with Crippen LogP contribution in [0.5, 0.6) is 0 Å². The molecule has 3 amide bonds. The summed E-state index contributed by atoms with van der Waals surface area (Å²) in [6.07, 6.45) is -0.139. The van der Waals surface area contributed by atoms with E-state index in [0.29, 0.717) is 17.8 Å². The molecule has 1 unspecified atom stereocenters. The molecular formula is C31H26F2N4O3. The Bertz CT molecular complexity index is 1590. The van der Waals surface area contributed by atoms with Crippen LogP contribution in [-0.2, 0) is 17.9 Å². The third kappa shape index (κ3) is 5.74. The van der Waals surface area contributed by atoms with E-state index in [2.05, 4.69) is 10.6 Å². The van der Waals surface area contributed by atoms with Crippen LogP contribution in [0.4, 0.5) is 20.2 Å². The third-order valence-electron chi connectivity index (χ3n) is 6.71. The summed E-state index contributed by atoms with van der Waals surface area (Å²) in [5, 5.41) is 5.65. The minimum Gasteiger partial charge on any atom is -0.348 e. The van der Waals surface area contributed by atoms with E-state index < -0.39 is 29.5 Å². The molecule has 0 bridgehead atoms. The number of hydrogen-bond donors (Lipinski definition) is 3. The minimum atomic E-state index is -0.813. The Hall–Kier alpha value is -4.89. The molecule has 7 nitrogen and oxygen atoms in total. The van der Waals surface area contributed by atoms with E-state index in [9.17, 15) is 23.2 Å². The van der Waals surface area contributed by atoms with Crippen molar-refractivity contribution in [2.24, 2.45) is 5.73 Å². The second-order valence-electron chi connectivity index (χ2n) is 9.44. The Kier molecular flexibility index (Phi) is 7.65. The van der Waals surface area contributed by atoms with Crippen molar-refractivity contribution in [2.75, 3.05) is 10.2 Å². The minimum absolute atomic E-state index is 0.0777. The Balaban J connectivity index is 1.51. The second-order valence-corrected chi connectivity index (χ2v) is 9.44. The summed E-state index contributed by atoms with van der Waals surface area (Å²) in [7, 11) is 0. The van der Waals surface area contributed by atoms with Crippen LogP contribution in [-0.4, -0.2) is 17.7 Å². The molecule has 40 heavy (non-hydrogen) atoms. The van der Waals surface area contributed by atoms with Crippen LogP contribution in [0.3, 0.4) is 0 Å². The van der Waals surface area contributed by atoms with Gasteiger partial charge < -0.3 is 16.4 Å². The smallest absolute Gasteiger partial charge is 0.259 e. The molecule has 0 saturated carbocycles. The highest BCUT2D eigenvalue weighted by Crippen LogP contribution is 2.39. The highest BCUT2D eigenvalue weighted by Gasteiger charge is 2.34. The normalized spacial score (nSPS) is 14.6. The first-order valence-corrected chi connectivity index (χ1v) is 12.7. The number of nitrogens with two attached hydrogens (primary N) is 1. The van der Waals surface area contributed by atoms with Gasteiger partial charge in [0.2, 0.25) is 5.91 Å². The molecule has 4 N–H and O–H groups in total. The van der Waals surface area contributed by atoms with Gasteiger partial charge in [0.25, 0.3) is 11.8 Å². The van der Waals surface area contributed by atoms with E-state index >= 15 is 0 Å². The fraction of sp³-hybridized carbons (Fsp3) is 0.129. The quantitative estimate of drug-likeness (QED) is 0.317. The molecule has 0 saturated heterocycles. The van der Waals surface area contributed by atoms with Crippen LogP contribution in [0, 0.1) is 11.6 Å². The molecule has 1 atom stereocenters. The molecule has 0 radical (unpaired) electrons. The fourth-order valence-electron chi connectivity index (χ4n) is 4.74. The first-order chi connectivity index (χ1) is 19.3. The van der Waals surface area contributed by atoms with Crippen molar-refractivity contribution in [1.82, 2.24) is 5.32 Å². The zero-order valence-corrected chi connectivity index (χ0v) is 21.4. The molecule has 0 aromatic heterocycles. The summed E-state index contributed by atoms with van der Waals surface area (Å²) < 4.78 is 27.7. The van der Waals surface area contributed by atoms with E-state index in [-0.39, 0.29) is 35.7 Å². The van der Waals surface area contributed by atoms with Gasteiger partial charge in [-0.05, 0) is 65.2 Å². The molecule has 0 spiro atoms. The molecule has 9 heteroatoms. The van der Waals surface area contributed by atoms with Crippen LogP contribution in [0.2, 0.25) is 0 Å². The number of anilines is 2. The van der Waals surface area contributed by atoms with Gasteiger partial charge in [0.1, 0.15) is 11.6 Å². The van der Waals surface area contributed by atoms with Gasteiger partial charge in [0.05, 0.1) is 23.8 Å². The average Bonchev–Trinajstić information content (AvgIpc) is 3.11. The number of carbonyl (C=O) groups is 3. The van der Waals surface area contributed by atoms with Crippen LogP contribution in [0.25, 0.3) is 0 Å². The SMILES string of the molecule is NCc1cccc(CNC(=O)c2ccc3c(c2)NC(=O)CC(c2ccc(F)cc2)N3C(=O)c2cccc(F)c2)c1. The summed E-state index contributed by atoms with van der Waals surface area (Å²) >= 11 is 0. The first-order valence-electron chi connectivity index (χ1n) is 12.7. The van der Waals surface area contributed by atoms with Crippen molar-refractivity contribution in [3.63, 3.8) is 0 Å².